The van der Waals surface area contributed by atoms with Crippen LogP contribution < -0.4 is 5.32 Å². The van der Waals surface area contributed by atoms with Crippen molar-refractivity contribution in [1.82, 2.24) is 5.32 Å². The second-order valence-electron chi connectivity index (χ2n) is 5.00. The zero-order chi connectivity index (χ0) is 14.0. The lowest BCUT2D eigenvalue weighted by Gasteiger charge is -2.22. The van der Waals surface area contributed by atoms with E-state index in [0.29, 0.717) is 17.9 Å². The number of hydrogen-bond donors (Lipinski definition) is 1. The molecule has 0 amide bonds. The molecule has 1 saturated heterocycles. The summed E-state index contributed by atoms with van der Waals surface area (Å²) in [6.07, 6.45) is 1.28. The Labute approximate surface area is 118 Å². The average molecular weight is 306 g/mol. The van der Waals surface area contributed by atoms with Crippen LogP contribution in [0, 0.1) is 11.7 Å². The van der Waals surface area contributed by atoms with Gasteiger partial charge in [-0.15, -0.1) is 0 Å². The van der Waals surface area contributed by atoms with Gasteiger partial charge in [0.2, 0.25) is 0 Å². The van der Waals surface area contributed by atoms with Crippen molar-refractivity contribution in [2.45, 2.75) is 18.9 Å². The minimum absolute atomic E-state index is 0.0419. The second kappa shape index (κ2) is 5.77. The molecule has 1 N–H and O–H groups in total. The van der Waals surface area contributed by atoms with Crippen LogP contribution in [0.3, 0.4) is 0 Å². The molecule has 1 aliphatic rings. The smallest absolute Gasteiger partial charge is 0.150 e. The third kappa shape index (κ3) is 3.68. The first-order chi connectivity index (χ1) is 8.91. The molecule has 106 valence electrons. The van der Waals surface area contributed by atoms with E-state index in [-0.39, 0.29) is 29.3 Å². The monoisotopic (exact) mass is 305 g/mol. The van der Waals surface area contributed by atoms with Crippen LogP contribution in [-0.2, 0) is 16.3 Å². The highest BCUT2D eigenvalue weighted by atomic mass is 35.5. The molecule has 0 aromatic heterocycles. The van der Waals surface area contributed by atoms with Crippen molar-refractivity contribution in [2.75, 3.05) is 18.6 Å². The van der Waals surface area contributed by atoms with Crippen LogP contribution in [0.25, 0.3) is 0 Å². The number of halogens is 2. The number of hydrogen-bond acceptors (Lipinski definition) is 3. The maximum absolute atomic E-state index is 13.0. The summed E-state index contributed by atoms with van der Waals surface area (Å²) in [6, 6.07) is 4.36. The summed E-state index contributed by atoms with van der Waals surface area (Å²) >= 11 is 6.01. The first-order valence-corrected chi connectivity index (χ1v) is 8.43. The molecule has 1 aromatic rings. The van der Waals surface area contributed by atoms with E-state index < -0.39 is 9.84 Å². The Morgan fingerprint density at radius 3 is 2.79 bits per heavy atom. The quantitative estimate of drug-likeness (QED) is 0.926. The van der Waals surface area contributed by atoms with E-state index in [0.717, 1.165) is 5.56 Å². The molecule has 0 saturated carbocycles. The van der Waals surface area contributed by atoms with Crippen molar-refractivity contribution < 1.29 is 12.8 Å². The molecule has 1 heterocycles. The van der Waals surface area contributed by atoms with E-state index in [1.54, 1.807) is 6.07 Å². The lowest BCUT2D eigenvalue weighted by molar-refractivity contribution is 0.403. The molecular weight excluding hydrogens is 289 g/mol. The van der Waals surface area contributed by atoms with Crippen LogP contribution in [0.15, 0.2) is 18.2 Å². The first kappa shape index (κ1) is 14.8. The van der Waals surface area contributed by atoms with Crippen molar-refractivity contribution in [1.29, 1.82) is 0 Å². The predicted molar refractivity (Wildman–Crippen MR) is 74.7 cm³/mol. The van der Waals surface area contributed by atoms with Gasteiger partial charge in [-0.05, 0) is 43.5 Å². The van der Waals surface area contributed by atoms with E-state index >= 15 is 0 Å². The zero-order valence-corrected chi connectivity index (χ0v) is 12.3. The molecule has 0 spiro atoms. The van der Waals surface area contributed by atoms with E-state index in [9.17, 15) is 12.8 Å². The van der Waals surface area contributed by atoms with Gasteiger partial charge in [0, 0.05) is 11.1 Å². The molecule has 1 aromatic carbocycles. The molecule has 0 radical (unpaired) electrons. The summed E-state index contributed by atoms with van der Waals surface area (Å²) in [7, 11) is -1.08. The van der Waals surface area contributed by atoms with E-state index in [1.807, 2.05) is 7.05 Å². The number of benzene rings is 1. The van der Waals surface area contributed by atoms with Gasteiger partial charge in [0.15, 0.2) is 9.84 Å². The zero-order valence-electron chi connectivity index (χ0n) is 10.7. The summed E-state index contributed by atoms with van der Waals surface area (Å²) in [5.41, 5.74) is 0.840. The highest BCUT2D eigenvalue weighted by Gasteiger charge is 2.33. The van der Waals surface area contributed by atoms with Crippen molar-refractivity contribution in [3.05, 3.63) is 34.6 Å². The van der Waals surface area contributed by atoms with Crippen LogP contribution in [0.4, 0.5) is 4.39 Å². The molecule has 19 heavy (non-hydrogen) atoms. The number of rotatable bonds is 4. The van der Waals surface area contributed by atoms with Gasteiger partial charge in [-0.3, -0.25) is 0 Å². The normalized spacial score (nSPS) is 23.4. The second-order valence-corrected chi connectivity index (χ2v) is 7.63. The van der Waals surface area contributed by atoms with Crippen molar-refractivity contribution in [3.63, 3.8) is 0 Å². The Hall–Kier alpha value is -0.650. The van der Waals surface area contributed by atoms with Gasteiger partial charge in [-0.2, -0.15) is 0 Å². The van der Waals surface area contributed by atoms with Crippen molar-refractivity contribution in [3.8, 4) is 0 Å². The Morgan fingerprint density at radius 2 is 2.26 bits per heavy atom. The number of sulfone groups is 1. The SMILES string of the molecule is CNC(Cc1ccc(F)cc1Cl)C1CCS(=O)(=O)C1. The van der Waals surface area contributed by atoms with E-state index in [2.05, 4.69) is 5.32 Å². The fraction of sp³-hybridized carbons (Fsp3) is 0.538. The summed E-state index contributed by atoms with van der Waals surface area (Å²) in [5.74, 6) is 0.207. The molecular formula is C13H17ClFNO2S. The van der Waals surface area contributed by atoms with Crippen LogP contribution in [0.5, 0.6) is 0 Å². The van der Waals surface area contributed by atoms with Crippen molar-refractivity contribution in [2.24, 2.45) is 5.92 Å². The maximum Gasteiger partial charge on any atom is 0.150 e. The highest BCUT2D eigenvalue weighted by Crippen LogP contribution is 2.26. The van der Waals surface area contributed by atoms with Gasteiger partial charge in [-0.25, -0.2) is 12.8 Å². The summed E-state index contributed by atoms with van der Waals surface area (Å²) in [4.78, 5) is 0. The van der Waals surface area contributed by atoms with Gasteiger partial charge >= 0.3 is 0 Å². The highest BCUT2D eigenvalue weighted by molar-refractivity contribution is 7.91. The van der Waals surface area contributed by atoms with Gasteiger partial charge in [0.25, 0.3) is 0 Å². The molecule has 3 nitrogen and oxygen atoms in total. The van der Waals surface area contributed by atoms with Crippen molar-refractivity contribution >= 4 is 21.4 Å². The van der Waals surface area contributed by atoms with Crippen LogP contribution in [0.2, 0.25) is 5.02 Å². The molecule has 2 atom stereocenters. The Balaban J connectivity index is 2.11. The molecule has 2 rings (SSSR count). The largest absolute Gasteiger partial charge is 0.316 e. The average Bonchev–Trinajstić information content (AvgIpc) is 2.69. The summed E-state index contributed by atoms with van der Waals surface area (Å²) < 4.78 is 36.0. The van der Waals surface area contributed by atoms with Gasteiger partial charge in [0.05, 0.1) is 11.5 Å². The first-order valence-electron chi connectivity index (χ1n) is 6.23. The van der Waals surface area contributed by atoms with Crippen LogP contribution in [-0.4, -0.2) is 33.0 Å². The summed E-state index contributed by atoms with van der Waals surface area (Å²) in [6.45, 7) is 0. The van der Waals surface area contributed by atoms with Gasteiger partial charge in [-0.1, -0.05) is 17.7 Å². The minimum atomic E-state index is -2.89. The summed E-state index contributed by atoms with van der Waals surface area (Å²) in [5, 5.41) is 3.55. The third-order valence-corrected chi connectivity index (χ3v) is 5.81. The maximum atomic E-state index is 13.0. The Kier molecular flexibility index (Phi) is 4.48. The topological polar surface area (TPSA) is 46.2 Å². The Morgan fingerprint density at radius 1 is 1.53 bits per heavy atom. The van der Waals surface area contributed by atoms with Gasteiger partial charge in [0.1, 0.15) is 5.82 Å². The lowest BCUT2D eigenvalue weighted by atomic mass is 9.93. The molecule has 0 bridgehead atoms. The van der Waals surface area contributed by atoms with E-state index in [4.69, 9.17) is 11.6 Å². The number of nitrogens with one attached hydrogen (secondary N) is 1. The molecule has 6 heteroatoms. The fourth-order valence-electron chi connectivity index (χ4n) is 2.57. The van der Waals surface area contributed by atoms with Crippen LogP contribution >= 0.6 is 11.6 Å². The molecule has 1 aliphatic heterocycles. The lowest BCUT2D eigenvalue weighted by Crippen LogP contribution is -2.36. The molecule has 2 unspecified atom stereocenters. The minimum Gasteiger partial charge on any atom is -0.316 e. The third-order valence-electron chi connectivity index (χ3n) is 3.66. The Bertz CT molecular complexity index is 562. The number of likely N-dealkylation sites (N-methyl/N-ethyl adjacent to an activating group) is 1. The standard InChI is InChI=1S/C13H17ClFNO2S/c1-16-13(10-4-5-19(17,18)8-10)6-9-2-3-11(15)7-12(9)14/h2-3,7,10,13,16H,4-6,8H2,1H3. The van der Waals surface area contributed by atoms with Gasteiger partial charge < -0.3 is 5.32 Å². The fourth-order valence-corrected chi connectivity index (χ4v) is 4.69. The molecule has 0 aliphatic carbocycles. The van der Waals surface area contributed by atoms with E-state index in [1.165, 1.54) is 12.1 Å². The van der Waals surface area contributed by atoms with Crippen LogP contribution in [0.1, 0.15) is 12.0 Å². The molecule has 1 fully saturated rings. The predicted octanol–water partition coefficient (Wildman–Crippen LogP) is 2.04.